The van der Waals surface area contributed by atoms with Gasteiger partial charge in [-0.15, -0.1) is 0 Å². The van der Waals surface area contributed by atoms with Gasteiger partial charge in [-0.2, -0.15) is 0 Å². The Morgan fingerprint density at radius 1 is 0.909 bits per heavy atom. The van der Waals surface area contributed by atoms with Crippen LogP contribution in [-0.4, -0.2) is 28.4 Å². The number of hydrogen-bond donors (Lipinski definition) is 0. The first-order valence-electron chi connectivity index (χ1n) is 6.96. The fourth-order valence-corrected chi connectivity index (χ4v) is 2.68. The molecule has 1 aromatic carbocycles. The number of hydrogen-bond acceptors (Lipinski definition) is 3. The van der Waals surface area contributed by atoms with Crippen molar-refractivity contribution < 1.29 is 31.5 Å². The zero-order valence-corrected chi connectivity index (χ0v) is 14.4. The van der Waals surface area contributed by atoms with Gasteiger partial charge in [0, 0.05) is 0 Å². The molecule has 8 heteroatoms. The molecule has 0 radical (unpaired) electrons. The average Bonchev–Trinajstić information content (AvgIpc) is 2.40. The smallest absolute Gasteiger partial charge is 0.262 e. The van der Waals surface area contributed by atoms with Crippen LogP contribution in [0, 0.1) is 23.3 Å². The fourth-order valence-electron chi connectivity index (χ4n) is 1.62. The van der Waals surface area contributed by atoms with Crippen LogP contribution in [0.4, 0.5) is 17.6 Å². The highest BCUT2D eigenvalue weighted by atomic mass is 28.2. The van der Waals surface area contributed by atoms with Gasteiger partial charge in [0.15, 0.2) is 33.0 Å². The lowest BCUT2D eigenvalue weighted by Crippen LogP contribution is -2.29. The van der Waals surface area contributed by atoms with E-state index < -0.39 is 39.5 Å². The monoisotopic (exact) mass is 340 g/mol. The molecule has 0 aliphatic carbocycles. The molecule has 126 valence electrons. The van der Waals surface area contributed by atoms with E-state index in [1.807, 2.05) is 0 Å². The number of benzene rings is 1. The van der Waals surface area contributed by atoms with Crippen LogP contribution >= 0.6 is 0 Å². The summed E-state index contributed by atoms with van der Waals surface area (Å²) in [5.74, 6) is -6.43. The first kappa shape index (κ1) is 19.1. The zero-order valence-electron chi connectivity index (χ0n) is 13.0. The van der Waals surface area contributed by atoms with Crippen molar-refractivity contribution in [3.05, 3.63) is 34.9 Å². The molecule has 0 saturated heterocycles. The van der Waals surface area contributed by atoms with E-state index in [0.29, 0.717) is 6.07 Å². The minimum absolute atomic E-state index is 0.0145. The summed E-state index contributed by atoms with van der Waals surface area (Å²) in [5, 5.41) is 0. The Bertz CT molecular complexity index is 487. The van der Waals surface area contributed by atoms with Gasteiger partial charge in [-0.25, -0.2) is 17.6 Å². The van der Waals surface area contributed by atoms with Gasteiger partial charge >= 0.3 is 0 Å². The van der Waals surface area contributed by atoms with E-state index in [1.54, 1.807) is 27.7 Å². The predicted octanol–water partition coefficient (Wildman–Crippen LogP) is 2.98. The Kier molecular flexibility index (Phi) is 7.47. The number of halogens is 4. The highest BCUT2D eigenvalue weighted by Crippen LogP contribution is 2.19. The highest BCUT2D eigenvalue weighted by molar-refractivity contribution is 6.26. The standard InChI is InChI=1S/C14H20F4O3Si/c1-7(2)19-14(20-8(3)4)21-22-6-9-5-10(15)12(17)13(18)11(9)16/h5,7-8,14H,6,22H2,1-4H3. The molecular weight excluding hydrogens is 320 g/mol. The molecule has 0 bridgehead atoms. The molecule has 0 atom stereocenters. The van der Waals surface area contributed by atoms with E-state index in [2.05, 4.69) is 0 Å². The van der Waals surface area contributed by atoms with Gasteiger partial charge in [-0.1, -0.05) is 0 Å². The summed E-state index contributed by atoms with van der Waals surface area (Å²) >= 11 is 0. The maximum absolute atomic E-state index is 13.5. The maximum Gasteiger partial charge on any atom is 0.262 e. The quantitative estimate of drug-likeness (QED) is 0.239. The van der Waals surface area contributed by atoms with Crippen LogP contribution in [0.5, 0.6) is 0 Å². The van der Waals surface area contributed by atoms with E-state index in [4.69, 9.17) is 13.9 Å². The fraction of sp³-hybridized carbons (Fsp3) is 0.571. The minimum atomic E-state index is -1.81. The van der Waals surface area contributed by atoms with Crippen LogP contribution in [0.15, 0.2) is 6.07 Å². The molecule has 0 fully saturated rings. The van der Waals surface area contributed by atoms with E-state index in [9.17, 15) is 17.6 Å². The van der Waals surface area contributed by atoms with Crippen LogP contribution < -0.4 is 0 Å². The van der Waals surface area contributed by atoms with Crippen LogP contribution in [0.3, 0.4) is 0 Å². The summed E-state index contributed by atoms with van der Waals surface area (Å²) in [5.41, 5.74) is -0.254. The van der Waals surface area contributed by atoms with Gasteiger partial charge < -0.3 is 13.9 Å². The first-order chi connectivity index (χ1) is 10.2. The molecule has 0 unspecified atom stereocenters. The first-order valence-corrected chi connectivity index (χ1v) is 8.54. The topological polar surface area (TPSA) is 27.7 Å². The largest absolute Gasteiger partial charge is 0.378 e. The third-order valence-corrected chi connectivity index (χ3v) is 3.82. The normalized spacial score (nSPS) is 12.5. The van der Waals surface area contributed by atoms with Crippen LogP contribution in [0.1, 0.15) is 33.3 Å². The minimum Gasteiger partial charge on any atom is -0.378 e. The Balaban J connectivity index is 2.65. The van der Waals surface area contributed by atoms with E-state index in [1.165, 1.54) is 0 Å². The van der Waals surface area contributed by atoms with Crippen molar-refractivity contribution in [2.45, 2.75) is 52.4 Å². The van der Waals surface area contributed by atoms with Crippen molar-refractivity contribution in [1.82, 2.24) is 0 Å². The second kappa shape index (κ2) is 8.61. The molecule has 3 nitrogen and oxygen atoms in total. The van der Waals surface area contributed by atoms with Gasteiger partial charge in [0.2, 0.25) is 0 Å². The third kappa shape index (κ3) is 5.67. The molecule has 22 heavy (non-hydrogen) atoms. The van der Waals surface area contributed by atoms with Crippen molar-refractivity contribution >= 4 is 9.76 Å². The Labute approximate surface area is 129 Å². The number of ether oxygens (including phenoxy) is 2. The Hall–Kier alpha value is -0.963. The van der Waals surface area contributed by atoms with Crippen LogP contribution in [0.25, 0.3) is 0 Å². The molecule has 0 N–H and O–H groups in total. The predicted molar refractivity (Wildman–Crippen MR) is 75.8 cm³/mol. The Morgan fingerprint density at radius 2 is 1.45 bits per heavy atom. The summed E-state index contributed by atoms with van der Waals surface area (Å²) in [6, 6.07) is 0.630. The van der Waals surface area contributed by atoms with Gasteiger partial charge in [0.25, 0.3) is 6.48 Å². The lowest BCUT2D eigenvalue weighted by atomic mass is 10.2. The van der Waals surface area contributed by atoms with Gasteiger partial charge in [-0.3, -0.25) is 0 Å². The molecule has 1 rings (SSSR count). The second-order valence-corrected chi connectivity index (χ2v) is 6.48. The second-order valence-electron chi connectivity index (χ2n) is 5.24. The van der Waals surface area contributed by atoms with Crippen LogP contribution in [-0.2, 0) is 19.9 Å². The van der Waals surface area contributed by atoms with Gasteiger partial charge in [-0.05, 0) is 45.4 Å². The van der Waals surface area contributed by atoms with E-state index in [0.717, 1.165) is 0 Å². The molecular formula is C14H20F4O3Si. The van der Waals surface area contributed by atoms with Crippen LogP contribution in [0.2, 0.25) is 0 Å². The van der Waals surface area contributed by atoms with Gasteiger partial charge in [0.1, 0.15) is 0 Å². The van der Waals surface area contributed by atoms with Crippen molar-refractivity contribution in [1.29, 1.82) is 0 Å². The molecule has 0 saturated carbocycles. The third-order valence-electron chi connectivity index (χ3n) is 2.57. The molecule has 0 spiro atoms. The summed E-state index contributed by atoms with van der Waals surface area (Å²) in [7, 11) is -1.43. The van der Waals surface area contributed by atoms with E-state index in [-0.39, 0.29) is 23.8 Å². The Morgan fingerprint density at radius 3 is 1.95 bits per heavy atom. The van der Waals surface area contributed by atoms with E-state index >= 15 is 0 Å². The SMILES string of the molecule is CC(C)OC(O[SiH2]Cc1cc(F)c(F)c(F)c1F)OC(C)C. The summed E-state index contributed by atoms with van der Waals surface area (Å²) in [4.78, 5) is 0. The molecule has 0 amide bonds. The van der Waals surface area contributed by atoms with Crippen molar-refractivity contribution in [3.8, 4) is 0 Å². The van der Waals surface area contributed by atoms with Crippen molar-refractivity contribution in [3.63, 3.8) is 0 Å². The number of rotatable bonds is 8. The summed E-state index contributed by atoms with van der Waals surface area (Å²) in [6.45, 7) is 6.28. The molecule has 0 aliphatic heterocycles. The lowest BCUT2D eigenvalue weighted by molar-refractivity contribution is -0.275. The van der Waals surface area contributed by atoms with Gasteiger partial charge in [0.05, 0.1) is 12.2 Å². The highest BCUT2D eigenvalue weighted by Gasteiger charge is 2.20. The summed E-state index contributed by atoms with van der Waals surface area (Å²) in [6.07, 6.45) is -0.287. The van der Waals surface area contributed by atoms with Crippen molar-refractivity contribution in [2.24, 2.45) is 0 Å². The van der Waals surface area contributed by atoms with Crippen molar-refractivity contribution in [2.75, 3.05) is 0 Å². The maximum atomic E-state index is 13.5. The average molecular weight is 340 g/mol. The molecule has 1 aromatic rings. The lowest BCUT2D eigenvalue weighted by Gasteiger charge is -2.23. The molecule has 0 aromatic heterocycles. The molecule has 0 aliphatic rings. The molecule has 0 heterocycles. The zero-order chi connectivity index (χ0) is 16.9. The summed E-state index contributed by atoms with van der Waals surface area (Å²) < 4.78 is 68.8.